The summed E-state index contributed by atoms with van der Waals surface area (Å²) in [5.41, 5.74) is 0.838. The topological polar surface area (TPSA) is 54.9 Å². The second-order valence-electron chi connectivity index (χ2n) is 5.83. The normalized spacial score (nSPS) is 11.1. The van der Waals surface area contributed by atoms with Gasteiger partial charge in [0.1, 0.15) is 16.2 Å². The Balaban J connectivity index is 1.50. The molecule has 0 aliphatic rings. The number of aromatic nitrogens is 2. The van der Waals surface area contributed by atoms with Crippen molar-refractivity contribution in [1.82, 2.24) is 9.97 Å². The first kappa shape index (κ1) is 17.0. The lowest BCUT2D eigenvalue weighted by atomic mass is 10.1. The highest BCUT2D eigenvalue weighted by Crippen LogP contribution is 2.31. The van der Waals surface area contributed by atoms with Crippen LogP contribution in [0, 0.1) is 0 Å². The van der Waals surface area contributed by atoms with E-state index >= 15 is 0 Å². The largest absolute Gasteiger partial charge is 0.325 e. The van der Waals surface area contributed by atoms with Crippen LogP contribution in [0.15, 0.2) is 59.9 Å². The molecule has 2 heterocycles. The molecule has 0 radical (unpaired) electrons. The summed E-state index contributed by atoms with van der Waals surface area (Å²) in [6.45, 7) is 2.13. The third-order valence-corrected chi connectivity index (χ3v) is 6.29. The van der Waals surface area contributed by atoms with Gasteiger partial charge in [-0.05, 0) is 23.9 Å². The summed E-state index contributed by atoms with van der Waals surface area (Å²) in [6.07, 6.45) is 2.55. The summed E-state index contributed by atoms with van der Waals surface area (Å²) in [6, 6.07) is 16.1. The number of amides is 1. The van der Waals surface area contributed by atoms with Crippen molar-refractivity contribution in [2.45, 2.75) is 18.4 Å². The molecule has 2 aromatic carbocycles. The maximum atomic E-state index is 12.5. The molecule has 6 heteroatoms. The molecular weight excluding hydrogens is 362 g/mol. The summed E-state index contributed by atoms with van der Waals surface area (Å²) in [5, 5.41) is 7.07. The van der Waals surface area contributed by atoms with E-state index in [2.05, 4.69) is 28.3 Å². The van der Waals surface area contributed by atoms with Crippen molar-refractivity contribution >= 4 is 55.7 Å². The molecule has 1 N–H and O–H groups in total. The Labute approximate surface area is 159 Å². The van der Waals surface area contributed by atoms with Gasteiger partial charge in [0, 0.05) is 21.3 Å². The van der Waals surface area contributed by atoms with Gasteiger partial charge in [-0.2, -0.15) is 0 Å². The number of carbonyl (C=O) groups excluding carboxylic acids is 1. The number of thioether (sulfide) groups is 1. The smallest absolute Gasteiger partial charge is 0.234 e. The number of anilines is 1. The van der Waals surface area contributed by atoms with E-state index in [1.54, 1.807) is 17.7 Å². The third-order valence-electron chi connectivity index (χ3n) is 4.10. The van der Waals surface area contributed by atoms with Gasteiger partial charge in [0.15, 0.2) is 0 Å². The fraction of sp³-hybridized carbons (Fsp3) is 0.150. The minimum Gasteiger partial charge on any atom is -0.325 e. The molecule has 4 rings (SSSR count). The summed E-state index contributed by atoms with van der Waals surface area (Å²) in [4.78, 5) is 23.4. The van der Waals surface area contributed by atoms with Crippen molar-refractivity contribution in [1.29, 1.82) is 0 Å². The number of nitrogens with zero attached hydrogens (tertiary/aromatic N) is 2. The van der Waals surface area contributed by atoms with Crippen LogP contribution < -0.4 is 5.32 Å². The number of carbonyl (C=O) groups is 1. The first-order valence-corrected chi connectivity index (χ1v) is 10.2. The van der Waals surface area contributed by atoms with Crippen LogP contribution in [0.25, 0.3) is 21.0 Å². The molecule has 4 nitrogen and oxygen atoms in total. The number of aryl methyl sites for hydroxylation is 1. The van der Waals surface area contributed by atoms with Crippen LogP contribution in [-0.4, -0.2) is 21.6 Å². The zero-order chi connectivity index (χ0) is 17.9. The van der Waals surface area contributed by atoms with Crippen LogP contribution in [-0.2, 0) is 11.2 Å². The van der Waals surface area contributed by atoms with Gasteiger partial charge >= 0.3 is 0 Å². The number of nitrogens with one attached hydrogen (secondary N) is 1. The standard InChI is InChI=1S/C20H17N3OS2/c1-2-14-10-16-19(21-12-22-20(16)26-14)25-11-18(24)23-17-9-5-7-13-6-3-4-8-15(13)17/h3-10,12H,2,11H2,1H3,(H,23,24). The monoisotopic (exact) mass is 379 g/mol. The van der Waals surface area contributed by atoms with Crippen molar-refractivity contribution < 1.29 is 4.79 Å². The quantitative estimate of drug-likeness (QED) is 0.385. The van der Waals surface area contributed by atoms with Crippen LogP contribution in [0.2, 0.25) is 0 Å². The molecule has 0 unspecified atom stereocenters. The lowest BCUT2D eigenvalue weighted by molar-refractivity contribution is -0.113. The molecule has 0 saturated carbocycles. The minimum atomic E-state index is -0.0379. The third kappa shape index (κ3) is 3.43. The average molecular weight is 380 g/mol. The van der Waals surface area contributed by atoms with E-state index in [4.69, 9.17) is 0 Å². The maximum Gasteiger partial charge on any atom is 0.234 e. The predicted octanol–water partition coefficient (Wildman–Crippen LogP) is 5.14. The SMILES string of the molecule is CCc1cc2c(SCC(=O)Nc3cccc4ccccc34)ncnc2s1. The molecule has 0 aliphatic heterocycles. The number of benzene rings is 2. The van der Waals surface area contributed by atoms with Gasteiger partial charge < -0.3 is 5.32 Å². The Morgan fingerprint density at radius 2 is 1.96 bits per heavy atom. The Bertz CT molecular complexity index is 1090. The van der Waals surface area contributed by atoms with Crippen molar-refractivity contribution in [2.75, 3.05) is 11.1 Å². The fourth-order valence-electron chi connectivity index (χ4n) is 2.83. The number of rotatable bonds is 5. The van der Waals surface area contributed by atoms with Gasteiger partial charge in [-0.15, -0.1) is 11.3 Å². The molecule has 4 aromatic rings. The van der Waals surface area contributed by atoms with Crippen LogP contribution in [0.3, 0.4) is 0 Å². The number of thiophene rings is 1. The molecule has 130 valence electrons. The fourth-order valence-corrected chi connectivity index (χ4v) is 4.60. The zero-order valence-electron chi connectivity index (χ0n) is 14.2. The molecule has 0 saturated heterocycles. The summed E-state index contributed by atoms with van der Waals surface area (Å²) >= 11 is 3.13. The maximum absolute atomic E-state index is 12.5. The first-order valence-electron chi connectivity index (χ1n) is 8.38. The highest BCUT2D eigenvalue weighted by Gasteiger charge is 2.11. The second kappa shape index (κ2) is 7.43. The number of fused-ring (bicyclic) bond motifs is 2. The molecule has 1 amide bonds. The average Bonchev–Trinajstić information content (AvgIpc) is 3.11. The Hall–Kier alpha value is -2.44. The Kier molecular flexibility index (Phi) is 4.86. The molecule has 2 aromatic heterocycles. The van der Waals surface area contributed by atoms with Crippen LogP contribution in [0.5, 0.6) is 0 Å². The van der Waals surface area contributed by atoms with Gasteiger partial charge in [-0.25, -0.2) is 9.97 Å². The van der Waals surface area contributed by atoms with Crippen LogP contribution in [0.4, 0.5) is 5.69 Å². The number of hydrogen-bond acceptors (Lipinski definition) is 5. The summed E-state index contributed by atoms with van der Waals surface area (Å²) in [7, 11) is 0. The van der Waals surface area contributed by atoms with Gasteiger partial charge in [0.2, 0.25) is 5.91 Å². The van der Waals surface area contributed by atoms with Crippen molar-refractivity contribution in [2.24, 2.45) is 0 Å². The van der Waals surface area contributed by atoms with E-state index in [0.29, 0.717) is 5.75 Å². The predicted molar refractivity (Wildman–Crippen MR) is 110 cm³/mol. The van der Waals surface area contributed by atoms with E-state index in [1.165, 1.54) is 16.6 Å². The molecule has 26 heavy (non-hydrogen) atoms. The lowest BCUT2D eigenvalue weighted by Gasteiger charge is -2.08. The van der Waals surface area contributed by atoms with E-state index < -0.39 is 0 Å². The van der Waals surface area contributed by atoms with Crippen molar-refractivity contribution in [3.05, 3.63) is 59.7 Å². The second-order valence-corrected chi connectivity index (χ2v) is 7.91. The van der Waals surface area contributed by atoms with E-state index in [-0.39, 0.29) is 5.91 Å². The van der Waals surface area contributed by atoms with E-state index in [0.717, 1.165) is 38.1 Å². The highest BCUT2D eigenvalue weighted by molar-refractivity contribution is 8.00. The Morgan fingerprint density at radius 1 is 1.12 bits per heavy atom. The van der Waals surface area contributed by atoms with Crippen molar-refractivity contribution in [3.63, 3.8) is 0 Å². The van der Waals surface area contributed by atoms with Gasteiger partial charge in [-0.3, -0.25) is 4.79 Å². The van der Waals surface area contributed by atoms with Gasteiger partial charge in [0.05, 0.1) is 5.75 Å². The molecular formula is C20H17N3OS2. The lowest BCUT2D eigenvalue weighted by Crippen LogP contribution is -2.14. The summed E-state index contributed by atoms with van der Waals surface area (Å²) < 4.78 is 0. The minimum absolute atomic E-state index is 0.0379. The highest BCUT2D eigenvalue weighted by atomic mass is 32.2. The van der Waals surface area contributed by atoms with Crippen LogP contribution in [0.1, 0.15) is 11.8 Å². The number of hydrogen-bond donors (Lipinski definition) is 1. The summed E-state index contributed by atoms with van der Waals surface area (Å²) in [5.74, 6) is 0.274. The molecule has 0 aliphatic carbocycles. The first-order chi connectivity index (χ1) is 12.7. The molecule has 0 spiro atoms. The van der Waals surface area contributed by atoms with Gasteiger partial charge in [0.25, 0.3) is 0 Å². The van der Waals surface area contributed by atoms with E-state index in [9.17, 15) is 4.79 Å². The molecule has 0 atom stereocenters. The van der Waals surface area contributed by atoms with Crippen molar-refractivity contribution in [3.8, 4) is 0 Å². The Morgan fingerprint density at radius 3 is 2.85 bits per heavy atom. The van der Waals surface area contributed by atoms with Gasteiger partial charge in [-0.1, -0.05) is 55.1 Å². The molecule has 0 bridgehead atoms. The zero-order valence-corrected chi connectivity index (χ0v) is 15.9. The van der Waals surface area contributed by atoms with Crippen LogP contribution >= 0.6 is 23.1 Å². The molecule has 0 fully saturated rings. The van der Waals surface area contributed by atoms with E-state index in [1.807, 2.05) is 42.5 Å².